The van der Waals surface area contributed by atoms with Crippen molar-refractivity contribution in [1.29, 1.82) is 0 Å². The number of hydrogen-bond acceptors (Lipinski definition) is 4. The third-order valence-corrected chi connectivity index (χ3v) is 5.95. The first-order valence-corrected chi connectivity index (χ1v) is 8.46. The third kappa shape index (κ3) is 2.71. The molecule has 2 aliphatic rings. The number of thiazole rings is 1. The molecule has 0 unspecified atom stereocenters. The van der Waals surface area contributed by atoms with Crippen molar-refractivity contribution in [1.82, 2.24) is 4.98 Å². The largest absolute Gasteiger partial charge is 0.381 e. The molecule has 1 aliphatic carbocycles. The smallest absolute Gasteiger partial charge is 0.100 e. The standard InChI is InChI=1S/C15H24N2OS/c16-11-15(6-8-18-9-7-15)14-17-13(10-19-14)12-4-2-1-3-5-12/h10,12H,1-9,11,16H2. The summed E-state index contributed by atoms with van der Waals surface area (Å²) in [6.45, 7) is 2.36. The molecule has 0 radical (unpaired) electrons. The van der Waals surface area contributed by atoms with Gasteiger partial charge in [-0.3, -0.25) is 0 Å². The fourth-order valence-corrected chi connectivity index (χ4v) is 4.56. The monoisotopic (exact) mass is 280 g/mol. The summed E-state index contributed by atoms with van der Waals surface area (Å²) in [5, 5.41) is 3.55. The Morgan fingerprint density at radius 2 is 2.00 bits per heavy atom. The summed E-state index contributed by atoms with van der Waals surface area (Å²) >= 11 is 1.83. The fraction of sp³-hybridized carbons (Fsp3) is 0.800. The minimum atomic E-state index is 0.0931. The summed E-state index contributed by atoms with van der Waals surface area (Å²) in [6.07, 6.45) is 8.84. The Balaban J connectivity index is 1.79. The van der Waals surface area contributed by atoms with Crippen LogP contribution < -0.4 is 5.73 Å². The average Bonchev–Trinajstić information content (AvgIpc) is 2.99. The van der Waals surface area contributed by atoms with Gasteiger partial charge in [-0.15, -0.1) is 11.3 Å². The normalized spacial score (nSPS) is 24.5. The van der Waals surface area contributed by atoms with E-state index in [4.69, 9.17) is 15.5 Å². The second-order valence-corrected chi connectivity index (χ2v) is 6.87. The molecule has 19 heavy (non-hydrogen) atoms. The van der Waals surface area contributed by atoms with Crippen molar-refractivity contribution in [2.75, 3.05) is 19.8 Å². The Labute approximate surface area is 119 Å². The highest BCUT2D eigenvalue weighted by molar-refractivity contribution is 7.09. The van der Waals surface area contributed by atoms with Gasteiger partial charge in [-0.05, 0) is 25.7 Å². The Morgan fingerprint density at radius 1 is 1.26 bits per heavy atom. The molecule has 0 amide bonds. The predicted molar refractivity (Wildman–Crippen MR) is 78.7 cm³/mol. The topological polar surface area (TPSA) is 48.1 Å². The first kappa shape index (κ1) is 13.5. The van der Waals surface area contributed by atoms with Crippen molar-refractivity contribution in [2.45, 2.75) is 56.3 Å². The van der Waals surface area contributed by atoms with Crippen LogP contribution in [0.1, 0.15) is 61.6 Å². The lowest BCUT2D eigenvalue weighted by Gasteiger charge is -2.34. The van der Waals surface area contributed by atoms with Crippen LogP contribution in [-0.4, -0.2) is 24.7 Å². The average molecular weight is 280 g/mol. The van der Waals surface area contributed by atoms with E-state index in [-0.39, 0.29) is 5.41 Å². The summed E-state index contributed by atoms with van der Waals surface area (Å²) < 4.78 is 5.49. The molecule has 3 rings (SSSR count). The van der Waals surface area contributed by atoms with Gasteiger partial charge in [-0.2, -0.15) is 0 Å². The molecule has 0 spiro atoms. The Morgan fingerprint density at radius 3 is 2.68 bits per heavy atom. The summed E-state index contributed by atoms with van der Waals surface area (Å²) in [7, 11) is 0. The van der Waals surface area contributed by atoms with E-state index in [0.29, 0.717) is 12.5 Å². The predicted octanol–water partition coefficient (Wildman–Crippen LogP) is 3.20. The van der Waals surface area contributed by atoms with Crippen LogP contribution in [0.25, 0.3) is 0 Å². The molecule has 1 aliphatic heterocycles. The van der Waals surface area contributed by atoms with Gasteiger partial charge in [0.2, 0.25) is 0 Å². The van der Waals surface area contributed by atoms with E-state index in [1.54, 1.807) is 0 Å². The number of nitrogens with two attached hydrogens (primary N) is 1. The van der Waals surface area contributed by atoms with Gasteiger partial charge >= 0.3 is 0 Å². The van der Waals surface area contributed by atoms with Crippen LogP contribution >= 0.6 is 11.3 Å². The highest BCUT2D eigenvalue weighted by Crippen LogP contribution is 2.39. The molecule has 1 saturated heterocycles. The molecule has 0 aromatic carbocycles. The minimum Gasteiger partial charge on any atom is -0.381 e. The zero-order valence-electron chi connectivity index (χ0n) is 11.6. The van der Waals surface area contributed by atoms with E-state index >= 15 is 0 Å². The molecule has 0 atom stereocenters. The summed E-state index contributed by atoms with van der Waals surface area (Å²) in [4.78, 5) is 4.98. The fourth-order valence-electron chi connectivity index (χ4n) is 3.38. The van der Waals surface area contributed by atoms with Gasteiger partial charge in [0, 0.05) is 36.5 Å². The second-order valence-electron chi connectivity index (χ2n) is 6.01. The van der Waals surface area contributed by atoms with Crippen molar-refractivity contribution >= 4 is 11.3 Å². The molecule has 106 valence electrons. The minimum absolute atomic E-state index is 0.0931. The maximum Gasteiger partial charge on any atom is 0.100 e. The van der Waals surface area contributed by atoms with Crippen LogP contribution in [-0.2, 0) is 10.2 Å². The molecule has 3 nitrogen and oxygen atoms in total. The maximum absolute atomic E-state index is 6.07. The Bertz CT molecular complexity index is 406. The first-order valence-electron chi connectivity index (χ1n) is 7.58. The lowest BCUT2D eigenvalue weighted by atomic mass is 9.81. The molecule has 2 N–H and O–H groups in total. The van der Waals surface area contributed by atoms with Crippen LogP contribution in [0.3, 0.4) is 0 Å². The van der Waals surface area contributed by atoms with Crippen LogP contribution in [0, 0.1) is 0 Å². The van der Waals surface area contributed by atoms with E-state index in [1.807, 2.05) is 11.3 Å². The summed E-state index contributed by atoms with van der Waals surface area (Å²) in [6, 6.07) is 0. The molecule has 2 heterocycles. The lowest BCUT2D eigenvalue weighted by Crippen LogP contribution is -2.40. The van der Waals surface area contributed by atoms with Crippen molar-refractivity contribution in [3.05, 3.63) is 16.1 Å². The molecule has 0 bridgehead atoms. The van der Waals surface area contributed by atoms with Crippen molar-refractivity contribution in [3.8, 4) is 0 Å². The highest BCUT2D eigenvalue weighted by Gasteiger charge is 2.36. The Hall–Kier alpha value is -0.450. The lowest BCUT2D eigenvalue weighted by molar-refractivity contribution is 0.0528. The van der Waals surface area contributed by atoms with E-state index in [2.05, 4.69) is 5.38 Å². The third-order valence-electron chi connectivity index (χ3n) is 4.84. The zero-order valence-corrected chi connectivity index (χ0v) is 12.4. The molecule has 4 heteroatoms. The molecule has 2 fully saturated rings. The Kier molecular flexibility index (Phi) is 4.20. The number of aromatic nitrogens is 1. The van der Waals surface area contributed by atoms with E-state index < -0.39 is 0 Å². The van der Waals surface area contributed by atoms with Gasteiger partial charge < -0.3 is 10.5 Å². The molecule has 1 saturated carbocycles. The van der Waals surface area contributed by atoms with Crippen molar-refractivity contribution in [2.24, 2.45) is 5.73 Å². The quantitative estimate of drug-likeness (QED) is 0.925. The van der Waals surface area contributed by atoms with Gasteiger partial charge in [0.1, 0.15) is 5.01 Å². The van der Waals surface area contributed by atoms with Gasteiger partial charge in [-0.25, -0.2) is 4.98 Å². The molecule has 1 aromatic rings. The van der Waals surface area contributed by atoms with Crippen molar-refractivity contribution in [3.63, 3.8) is 0 Å². The van der Waals surface area contributed by atoms with Crippen LogP contribution in [0.5, 0.6) is 0 Å². The van der Waals surface area contributed by atoms with E-state index in [9.17, 15) is 0 Å². The van der Waals surface area contributed by atoms with Gasteiger partial charge in [0.25, 0.3) is 0 Å². The molecule has 1 aromatic heterocycles. The van der Waals surface area contributed by atoms with Gasteiger partial charge in [0.15, 0.2) is 0 Å². The number of rotatable bonds is 3. The van der Waals surface area contributed by atoms with Gasteiger partial charge in [-0.1, -0.05) is 19.3 Å². The molecular formula is C15H24N2OS. The van der Waals surface area contributed by atoms with Crippen LogP contribution in [0.15, 0.2) is 5.38 Å². The maximum atomic E-state index is 6.07. The summed E-state index contributed by atoms with van der Waals surface area (Å²) in [5.74, 6) is 0.702. The zero-order chi connectivity index (χ0) is 13.1. The van der Waals surface area contributed by atoms with Crippen LogP contribution in [0.2, 0.25) is 0 Å². The second kappa shape index (κ2) is 5.90. The van der Waals surface area contributed by atoms with E-state index in [0.717, 1.165) is 26.1 Å². The SMILES string of the molecule is NCC1(c2nc(C3CCCCC3)cs2)CCOCC1. The van der Waals surface area contributed by atoms with E-state index in [1.165, 1.54) is 42.8 Å². The highest BCUT2D eigenvalue weighted by atomic mass is 32.1. The first-order chi connectivity index (χ1) is 9.34. The van der Waals surface area contributed by atoms with Crippen molar-refractivity contribution < 1.29 is 4.74 Å². The number of ether oxygens (including phenoxy) is 1. The summed E-state index contributed by atoms with van der Waals surface area (Å²) in [5.41, 5.74) is 7.49. The molecular weight excluding hydrogens is 256 g/mol. The number of nitrogens with zero attached hydrogens (tertiary/aromatic N) is 1. The number of hydrogen-bond donors (Lipinski definition) is 1. The van der Waals surface area contributed by atoms with Gasteiger partial charge in [0.05, 0.1) is 5.69 Å². The van der Waals surface area contributed by atoms with Crippen LogP contribution in [0.4, 0.5) is 0 Å².